The number of aliphatic imine (C=N–C) groups is 1. The number of amides is 1. The molecule has 7 heteroatoms. The molecule has 1 atom stereocenters. The number of hydrogen-bond acceptors (Lipinski definition) is 4. The summed E-state index contributed by atoms with van der Waals surface area (Å²) >= 11 is 0. The van der Waals surface area contributed by atoms with Crippen LogP contribution in [0.3, 0.4) is 0 Å². The van der Waals surface area contributed by atoms with Crippen molar-refractivity contribution in [3.8, 4) is 0 Å². The predicted molar refractivity (Wildman–Crippen MR) is 71.1 cm³/mol. The summed E-state index contributed by atoms with van der Waals surface area (Å²) in [6.07, 6.45) is 0. The molecule has 6 nitrogen and oxygen atoms in total. The average Bonchev–Trinajstić information content (AvgIpc) is 2.58. The number of nitrogens with one attached hydrogen (secondary N) is 1. The van der Waals surface area contributed by atoms with E-state index in [-0.39, 0.29) is 16.6 Å². The highest BCUT2D eigenvalue weighted by Gasteiger charge is 2.32. The molecule has 0 spiro atoms. The van der Waals surface area contributed by atoms with Crippen molar-refractivity contribution in [2.75, 3.05) is 0 Å². The van der Waals surface area contributed by atoms with Gasteiger partial charge in [0.25, 0.3) is 10.0 Å². The summed E-state index contributed by atoms with van der Waals surface area (Å²) in [6, 6.07) is 5.73. The molecule has 1 heterocycles. The number of amidine groups is 1. The molecule has 0 saturated heterocycles. The molecule has 0 aromatic heterocycles. The third-order valence-corrected chi connectivity index (χ3v) is 4.25. The summed E-state index contributed by atoms with van der Waals surface area (Å²) in [6.45, 7) is 3.60. The lowest BCUT2D eigenvalue weighted by Crippen LogP contribution is -2.34. The van der Waals surface area contributed by atoms with Crippen molar-refractivity contribution in [1.82, 2.24) is 4.72 Å². The van der Waals surface area contributed by atoms with E-state index >= 15 is 0 Å². The molecule has 1 unspecified atom stereocenters. The highest BCUT2D eigenvalue weighted by Crippen LogP contribution is 2.23. The van der Waals surface area contributed by atoms with Crippen LogP contribution in [0.1, 0.15) is 19.4 Å². The highest BCUT2D eigenvalue weighted by molar-refractivity contribution is 7.90. The molecule has 1 aliphatic rings. The maximum atomic E-state index is 11.9. The molecule has 1 aromatic carbocycles. The van der Waals surface area contributed by atoms with Crippen molar-refractivity contribution >= 4 is 21.8 Å². The van der Waals surface area contributed by atoms with Gasteiger partial charge in [-0.2, -0.15) is 0 Å². The van der Waals surface area contributed by atoms with Gasteiger partial charge in [-0.25, -0.2) is 8.42 Å². The molecular weight excluding hydrogens is 266 g/mol. The van der Waals surface area contributed by atoms with Gasteiger partial charge in [0.15, 0.2) is 0 Å². The first-order chi connectivity index (χ1) is 8.83. The summed E-state index contributed by atoms with van der Waals surface area (Å²) in [4.78, 5) is 15.7. The van der Waals surface area contributed by atoms with Gasteiger partial charge in [-0.3, -0.25) is 14.5 Å². The molecule has 0 bridgehead atoms. The second-order valence-corrected chi connectivity index (χ2v) is 6.32. The van der Waals surface area contributed by atoms with Gasteiger partial charge < -0.3 is 5.73 Å². The number of carbonyl (C=O) groups is 1. The van der Waals surface area contributed by atoms with Gasteiger partial charge in [0, 0.05) is 5.56 Å². The molecule has 0 saturated carbocycles. The lowest BCUT2D eigenvalue weighted by Gasteiger charge is -2.13. The zero-order chi connectivity index (χ0) is 14.2. The summed E-state index contributed by atoms with van der Waals surface area (Å²) in [7, 11) is -3.58. The van der Waals surface area contributed by atoms with Gasteiger partial charge in [0.2, 0.25) is 5.91 Å². The summed E-state index contributed by atoms with van der Waals surface area (Å²) < 4.78 is 26.1. The predicted octanol–water partition coefficient (Wildman–Crippen LogP) is 0.235. The van der Waals surface area contributed by atoms with E-state index in [1.165, 1.54) is 6.07 Å². The number of benzene rings is 1. The zero-order valence-electron chi connectivity index (χ0n) is 10.6. The van der Waals surface area contributed by atoms with Crippen LogP contribution >= 0.6 is 0 Å². The van der Waals surface area contributed by atoms with Gasteiger partial charge in [-0.15, -0.1) is 0 Å². The Morgan fingerprint density at radius 1 is 1.32 bits per heavy atom. The van der Waals surface area contributed by atoms with Crippen molar-refractivity contribution in [2.45, 2.75) is 24.8 Å². The van der Waals surface area contributed by atoms with Crippen molar-refractivity contribution in [1.29, 1.82) is 0 Å². The van der Waals surface area contributed by atoms with Gasteiger partial charge in [0.05, 0.1) is 4.90 Å². The molecule has 19 heavy (non-hydrogen) atoms. The minimum absolute atomic E-state index is 0.109. The van der Waals surface area contributed by atoms with E-state index < -0.39 is 22.0 Å². The van der Waals surface area contributed by atoms with Crippen LogP contribution in [0.25, 0.3) is 0 Å². The number of carbonyl (C=O) groups excluding carboxylic acids is 1. The number of hydrogen-bond donors (Lipinski definition) is 2. The minimum atomic E-state index is -3.58. The quantitative estimate of drug-likeness (QED) is 0.829. The number of rotatable bonds is 3. The Hall–Kier alpha value is -1.89. The highest BCUT2D eigenvalue weighted by atomic mass is 32.2. The molecular formula is C12H15N3O3S. The fraction of sp³-hybridized carbons (Fsp3) is 0.333. The van der Waals surface area contributed by atoms with Crippen molar-refractivity contribution in [3.05, 3.63) is 29.8 Å². The molecule has 2 rings (SSSR count). The van der Waals surface area contributed by atoms with Gasteiger partial charge in [0.1, 0.15) is 11.9 Å². The largest absolute Gasteiger partial charge is 0.368 e. The van der Waals surface area contributed by atoms with Crippen LogP contribution in [0, 0.1) is 5.92 Å². The fourth-order valence-electron chi connectivity index (χ4n) is 1.91. The second-order valence-electron chi connectivity index (χ2n) is 4.67. The maximum absolute atomic E-state index is 11.9. The molecule has 0 aliphatic carbocycles. The maximum Gasteiger partial charge on any atom is 0.263 e. The Labute approximate surface area is 111 Å². The fourth-order valence-corrected chi connectivity index (χ4v) is 3.15. The number of nitrogens with zero attached hydrogens (tertiary/aromatic N) is 1. The molecule has 102 valence electrons. The summed E-state index contributed by atoms with van der Waals surface area (Å²) in [5, 5.41) is 0. The van der Waals surface area contributed by atoms with Gasteiger partial charge in [-0.1, -0.05) is 26.0 Å². The van der Waals surface area contributed by atoms with Crippen molar-refractivity contribution < 1.29 is 13.2 Å². The van der Waals surface area contributed by atoms with Crippen molar-refractivity contribution in [2.24, 2.45) is 16.6 Å². The Morgan fingerprint density at radius 3 is 2.53 bits per heavy atom. The number of sulfonamides is 1. The van der Waals surface area contributed by atoms with Crippen molar-refractivity contribution in [3.63, 3.8) is 0 Å². The van der Waals surface area contributed by atoms with E-state index in [4.69, 9.17) is 5.73 Å². The Kier molecular flexibility index (Phi) is 3.32. The normalized spacial score (nSPS) is 20.1. The summed E-state index contributed by atoms with van der Waals surface area (Å²) in [5.74, 6) is -0.513. The first kappa shape index (κ1) is 13.5. The van der Waals surface area contributed by atoms with E-state index in [2.05, 4.69) is 9.71 Å². The van der Waals surface area contributed by atoms with E-state index in [0.717, 1.165) is 0 Å². The zero-order valence-corrected chi connectivity index (χ0v) is 11.4. The number of primary amides is 1. The Morgan fingerprint density at radius 2 is 1.95 bits per heavy atom. The van der Waals surface area contributed by atoms with Gasteiger partial charge in [-0.05, 0) is 18.1 Å². The van der Waals surface area contributed by atoms with Crippen LogP contribution in [-0.2, 0) is 14.8 Å². The van der Waals surface area contributed by atoms with Gasteiger partial charge >= 0.3 is 0 Å². The van der Waals surface area contributed by atoms with E-state index in [0.29, 0.717) is 5.56 Å². The Balaban J connectivity index is 2.52. The topological polar surface area (TPSA) is 102 Å². The SMILES string of the molecule is CC(C)C(N=C1NS(=O)(=O)c2ccccc21)C(N)=O. The van der Waals surface area contributed by atoms with Crippen LogP contribution in [0.5, 0.6) is 0 Å². The minimum Gasteiger partial charge on any atom is -0.368 e. The van der Waals surface area contributed by atoms with Crippen LogP contribution in [0.2, 0.25) is 0 Å². The number of nitrogens with two attached hydrogens (primary N) is 1. The molecule has 3 N–H and O–H groups in total. The Bertz CT molecular complexity index is 650. The van der Waals surface area contributed by atoms with E-state index in [1.807, 2.05) is 0 Å². The molecule has 1 amide bonds. The molecule has 1 aromatic rings. The smallest absolute Gasteiger partial charge is 0.263 e. The molecule has 1 aliphatic heterocycles. The first-order valence-corrected chi connectivity index (χ1v) is 7.30. The third-order valence-electron chi connectivity index (χ3n) is 2.85. The van der Waals surface area contributed by atoms with E-state index in [1.54, 1.807) is 32.0 Å². The standard InChI is InChI=1S/C12H15N3O3S/c1-7(2)10(11(13)16)14-12-8-5-3-4-6-9(8)19(17,18)15-12/h3-7,10H,1-2H3,(H2,13,16)(H,14,15). The first-order valence-electron chi connectivity index (χ1n) is 5.82. The van der Waals surface area contributed by atoms with Crippen LogP contribution < -0.4 is 10.5 Å². The van der Waals surface area contributed by atoms with Crippen LogP contribution in [0.4, 0.5) is 0 Å². The summed E-state index contributed by atoms with van der Waals surface area (Å²) in [5.41, 5.74) is 5.75. The average molecular weight is 281 g/mol. The lowest BCUT2D eigenvalue weighted by molar-refractivity contribution is -0.120. The molecule has 0 radical (unpaired) electrons. The van der Waals surface area contributed by atoms with E-state index in [9.17, 15) is 13.2 Å². The lowest BCUT2D eigenvalue weighted by atomic mass is 10.0. The number of fused-ring (bicyclic) bond motifs is 1. The van der Waals surface area contributed by atoms with Crippen LogP contribution in [-0.4, -0.2) is 26.2 Å². The monoisotopic (exact) mass is 281 g/mol. The second kappa shape index (κ2) is 4.65. The van der Waals surface area contributed by atoms with Crippen LogP contribution in [0.15, 0.2) is 34.2 Å². The third kappa shape index (κ3) is 2.46. The molecule has 0 fully saturated rings.